The molecule has 1 amide bonds. The Kier molecular flexibility index (Phi) is 4.57. The quantitative estimate of drug-likeness (QED) is 0.504. The molecule has 0 spiro atoms. The van der Waals surface area contributed by atoms with Crippen LogP contribution in [0.3, 0.4) is 0 Å². The summed E-state index contributed by atoms with van der Waals surface area (Å²) in [7, 11) is 0. The highest BCUT2D eigenvalue weighted by molar-refractivity contribution is 6.05. The first-order valence-corrected chi connectivity index (χ1v) is 10.0. The van der Waals surface area contributed by atoms with Gasteiger partial charge in [0.2, 0.25) is 6.79 Å². The number of aryl methyl sites for hydroxylation is 1. The minimum atomic E-state index is -0.230. The summed E-state index contributed by atoms with van der Waals surface area (Å²) >= 11 is 0. The smallest absolute Gasteiger partial charge is 0.255 e. The van der Waals surface area contributed by atoms with Crippen LogP contribution < -0.4 is 14.8 Å². The maximum absolute atomic E-state index is 12.6. The fourth-order valence-corrected chi connectivity index (χ4v) is 4.00. The van der Waals surface area contributed by atoms with Gasteiger partial charge in [-0.1, -0.05) is 30.3 Å². The number of amides is 1. The molecule has 1 aromatic heterocycles. The number of hydrogen-bond donors (Lipinski definition) is 1. The molecule has 0 fully saturated rings. The number of para-hydroxylation sites is 1. The van der Waals surface area contributed by atoms with Crippen LogP contribution >= 0.6 is 0 Å². The van der Waals surface area contributed by atoms with E-state index in [-0.39, 0.29) is 12.7 Å². The summed E-state index contributed by atoms with van der Waals surface area (Å²) in [6, 6.07) is 23.0. The number of carbonyl (C=O) groups excluding carboxylic acids is 1. The van der Waals surface area contributed by atoms with E-state index >= 15 is 0 Å². The summed E-state index contributed by atoms with van der Waals surface area (Å²) in [6.45, 7) is 2.98. The molecule has 0 saturated heterocycles. The van der Waals surface area contributed by atoms with Gasteiger partial charge in [-0.2, -0.15) is 5.26 Å². The fourth-order valence-electron chi connectivity index (χ4n) is 4.00. The molecule has 1 aliphatic rings. The van der Waals surface area contributed by atoms with Crippen molar-refractivity contribution in [1.82, 2.24) is 4.57 Å². The number of aromatic nitrogens is 1. The van der Waals surface area contributed by atoms with Crippen LogP contribution in [0.2, 0.25) is 0 Å². The molecule has 152 valence electrons. The Labute approximate surface area is 179 Å². The number of hydrogen-bond acceptors (Lipinski definition) is 4. The summed E-state index contributed by atoms with van der Waals surface area (Å²) in [5.41, 5.74) is 4.68. The molecule has 6 heteroatoms. The first-order valence-electron chi connectivity index (χ1n) is 10.0. The molecule has 0 saturated carbocycles. The van der Waals surface area contributed by atoms with Gasteiger partial charge >= 0.3 is 0 Å². The molecule has 1 aliphatic heterocycles. The van der Waals surface area contributed by atoms with Crippen molar-refractivity contribution in [2.24, 2.45) is 0 Å². The van der Waals surface area contributed by atoms with Crippen molar-refractivity contribution in [2.45, 2.75) is 13.5 Å². The van der Waals surface area contributed by atoms with Crippen LogP contribution in [-0.4, -0.2) is 17.3 Å². The van der Waals surface area contributed by atoms with Crippen molar-refractivity contribution in [2.75, 3.05) is 12.1 Å². The normalized spacial score (nSPS) is 12.0. The lowest BCUT2D eigenvalue weighted by molar-refractivity contribution is 0.102. The summed E-state index contributed by atoms with van der Waals surface area (Å²) in [5, 5.41) is 13.7. The van der Waals surface area contributed by atoms with Gasteiger partial charge < -0.3 is 19.4 Å². The maximum atomic E-state index is 12.6. The van der Waals surface area contributed by atoms with E-state index in [2.05, 4.69) is 22.9 Å². The number of fused-ring (bicyclic) bond motifs is 2. The Bertz CT molecular complexity index is 1350. The third-order valence-electron chi connectivity index (χ3n) is 5.45. The van der Waals surface area contributed by atoms with Crippen molar-refractivity contribution in [3.05, 3.63) is 77.9 Å². The summed E-state index contributed by atoms with van der Waals surface area (Å²) in [4.78, 5) is 12.6. The predicted octanol–water partition coefficient (Wildman–Crippen LogP) is 5.18. The first-order chi connectivity index (χ1) is 15.2. The molecule has 0 radical (unpaired) electrons. The fraction of sp³-hybridized carbons (Fsp3) is 0.120. The molecule has 5 rings (SSSR count). The van der Waals surface area contributed by atoms with E-state index in [0.29, 0.717) is 28.3 Å². The Balaban J connectivity index is 1.45. The van der Waals surface area contributed by atoms with Crippen LogP contribution in [0.25, 0.3) is 22.2 Å². The summed E-state index contributed by atoms with van der Waals surface area (Å²) < 4.78 is 12.8. The highest BCUT2D eigenvalue weighted by Gasteiger charge is 2.18. The Morgan fingerprint density at radius 1 is 1.06 bits per heavy atom. The SMILES string of the molecule is CCn1c(-c2ccc(NC(=O)c3ccc4c(c3)OCO4)cc2)c(C#N)c2ccccc21. The van der Waals surface area contributed by atoms with E-state index in [1.165, 1.54) is 0 Å². The number of nitriles is 1. The lowest BCUT2D eigenvalue weighted by atomic mass is 10.1. The third-order valence-corrected chi connectivity index (χ3v) is 5.45. The number of rotatable bonds is 4. The van der Waals surface area contributed by atoms with Gasteiger partial charge in [-0.05, 0) is 48.9 Å². The Morgan fingerprint density at radius 3 is 2.61 bits per heavy atom. The van der Waals surface area contributed by atoms with Crippen LogP contribution in [-0.2, 0) is 6.54 Å². The Morgan fingerprint density at radius 2 is 1.84 bits per heavy atom. The molecule has 31 heavy (non-hydrogen) atoms. The molecule has 0 unspecified atom stereocenters. The van der Waals surface area contributed by atoms with Crippen LogP contribution in [0.4, 0.5) is 5.69 Å². The minimum Gasteiger partial charge on any atom is -0.454 e. The van der Waals surface area contributed by atoms with E-state index in [9.17, 15) is 10.1 Å². The topological polar surface area (TPSA) is 76.3 Å². The molecule has 0 atom stereocenters. The molecule has 3 aromatic carbocycles. The Hall–Kier alpha value is -4.24. The van der Waals surface area contributed by atoms with Gasteiger partial charge in [-0.25, -0.2) is 0 Å². The van der Waals surface area contributed by atoms with E-state index in [1.54, 1.807) is 18.2 Å². The summed E-state index contributed by atoms with van der Waals surface area (Å²) in [5.74, 6) is 0.978. The van der Waals surface area contributed by atoms with E-state index in [4.69, 9.17) is 9.47 Å². The predicted molar refractivity (Wildman–Crippen MR) is 118 cm³/mol. The molecule has 4 aromatic rings. The van der Waals surface area contributed by atoms with Gasteiger partial charge in [0.05, 0.1) is 11.3 Å². The van der Waals surface area contributed by atoms with Gasteiger partial charge in [0, 0.05) is 28.7 Å². The minimum absolute atomic E-state index is 0.168. The number of ether oxygens (including phenoxy) is 2. The van der Waals surface area contributed by atoms with E-state index in [1.807, 2.05) is 48.5 Å². The first kappa shape index (κ1) is 18.8. The van der Waals surface area contributed by atoms with Crippen molar-refractivity contribution >= 4 is 22.5 Å². The van der Waals surface area contributed by atoms with Crippen LogP contribution in [0, 0.1) is 11.3 Å². The standard InChI is InChI=1S/C25H19N3O3/c1-2-28-21-6-4-3-5-19(21)20(14-26)24(28)16-7-10-18(11-8-16)27-25(29)17-9-12-22-23(13-17)31-15-30-22/h3-13H,2,15H2,1H3,(H,27,29). The second-order valence-corrected chi connectivity index (χ2v) is 7.20. The van der Waals surface area contributed by atoms with Crippen LogP contribution in [0.5, 0.6) is 11.5 Å². The highest BCUT2D eigenvalue weighted by Crippen LogP contribution is 2.35. The highest BCUT2D eigenvalue weighted by atomic mass is 16.7. The number of nitrogens with one attached hydrogen (secondary N) is 1. The zero-order valence-corrected chi connectivity index (χ0v) is 16.9. The molecule has 6 nitrogen and oxygen atoms in total. The van der Waals surface area contributed by atoms with Crippen molar-refractivity contribution in [3.63, 3.8) is 0 Å². The van der Waals surface area contributed by atoms with E-state index in [0.717, 1.165) is 28.7 Å². The maximum Gasteiger partial charge on any atom is 0.255 e. The van der Waals surface area contributed by atoms with E-state index < -0.39 is 0 Å². The number of anilines is 1. The van der Waals surface area contributed by atoms with Crippen molar-refractivity contribution in [3.8, 4) is 28.8 Å². The molecule has 1 N–H and O–H groups in total. The second-order valence-electron chi connectivity index (χ2n) is 7.20. The van der Waals surface area contributed by atoms with Crippen LogP contribution in [0.15, 0.2) is 66.7 Å². The molecule has 2 heterocycles. The van der Waals surface area contributed by atoms with Gasteiger partial charge in [0.1, 0.15) is 6.07 Å². The van der Waals surface area contributed by atoms with Gasteiger partial charge in [0.25, 0.3) is 5.91 Å². The number of carbonyl (C=O) groups is 1. The van der Waals surface area contributed by atoms with Crippen LogP contribution in [0.1, 0.15) is 22.8 Å². The largest absolute Gasteiger partial charge is 0.454 e. The lowest BCUT2D eigenvalue weighted by Gasteiger charge is -2.10. The average molecular weight is 409 g/mol. The molecule has 0 aliphatic carbocycles. The average Bonchev–Trinajstić information content (AvgIpc) is 3.40. The van der Waals surface area contributed by atoms with Crippen molar-refractivity contribution < 1.29 is 14.3 Å². The van der Waals surface area contributed by atoms with Gasteiger partial charge in [-0.15, -0.1) is 0 Å². The zero-order chi connectivity index (χ0) is 21.4. The lowest BCUT2D eigenvalue weighted by Crippen LogP contribution is -2.11. The second kappa shape index (κ2) is 7.54. The third kappa shape index (κ3) is 3.17. The van der Waals surface area contributed by atoms with Gasteiger partial charge in [0.15, 0.2) is 11.5 Å². The summed E-state index contributed by atoms with van der Waals surface area (Å²) in [6.07, 6.45) is 0. The van der Waals surface area contributed by atoms with Crippen molar-refractivity contribution in [1.29, 1.82) is 5.26 Å². The molecular weight excluding hydrogens is 390 g/mol. The van der Waals surface area contributed by atoms with Gasteiger partial charge in [-0.3, -0.25) is 4.79 Å². The zero-order valence-electron chi connectivity index (χ0n) is 16.9. The molecule has 0 bridgehead atoms. The number of nitrogens with zero attached hydrogens (tertiary/aromatic N) is 2. The number of benzene rings is 3. The monoisotopic (exact) mass is 409 g/mol. The molecular formula is C25H19N3O3.